The first-order valence-electron chi connectivity index (χ1n) is 8.06. The average molecular weight is 360 g/mol. The molecule has 0 bridgehead atoms. The van der Waals surface area contributed by atoms with Gasteiger partial charge in [-0.25, -0.2) is 4.39 Å². The molecule has 0 radical (unpaired) electrons. The smallest absolute Gasteiger partial charge is 0.230 e. The van der Waals surface area contributed by atoms with Crippen molar-refractivity contribution in [2.45, 2.75) is 24.7 Å². The van der Waals surface area contributed by atoms with Gasteiger partial charge in [0, 0.05) is 18.4 Å². The lowest BCUT2D eigenvalue weighted by Crippen LogP contribution is -2.26. The Labute approximate surface area is 151 Å². The van der Waals surface area contributed by atoms with Gasteiger partial charge in [0.2, 0.25) is 11.8 Å². The fraction of sp³-hybridized carbons (Fsp3) is 0.263. The molecule has 0 heterocycles. The number of hydrogen-bond donors (Lipinski definition) is 2. The van der Waals surface area contributed by atoms with Crippen molar-refractivity contribution in [2.75, 3.05) is 17.6 Å². The van der Waals surface area contributed by atoms with Gasteiger partial charge in [-0.1, -0.05) is 30.3 Å². The summed E-state index contributed by atoms with van der Waals surface area (Å²) in [5, 5.41) is 5.58. The van der Waals surface area contributed by atoms with Crippen LogP contribution in [0.25, 0.3) is 0 Å². The van der Waals surface area contributed by atoms with E-state index in [9.17, 15) is 14.0 Å². The van der Waals surface area contributed by atoms with Gasteiger partial charge >= 0.3 is 0 Å². The summed E-state index contributed by atoms with van der Waals surface area (Å²) in [6.07, 6.45) is 1.27. The highest BCUT2D eigenvalue weighted by atomic mass is 32.2. The molecule has 0 aliphatic carbocycles. The maximum atomic E-state index is 13.5. The van der Waals surface area contributed by atoms with Crippen molar-refractivity contribution in [2.24, 2.45) is 0 Å². The van der Waals surface area contributed by atoms with E-state index in [4.69, 9.17) is 0 Å². The number of carbonyl (C=O) groups excluding carboxylic acids is 2. The quantitative estimate of drug-likeness (QED) is 0.558. The first-order valence-corrected chi connectivity index (χ1v) is 9.04. The summed E-state index contributed by atoms with van der Waals surface area (Å²) in [5.74, 6) is -0.184. The van der Waals surface area contributed by atoms with Crippen LogP contribution in [0.2, 0.25) is 0 Å². The molecule has 2 aromatic rings. The summed E-state index contributed by atoms with van der Waals surface area (Å²) in [6.45, 7) is 1.95. The maximum Gasteiger partial charge on any atom is 0.230 e. The summed E-state index contributed by atoms with van der Waals surface area (Å²) in [6, 6.07) is 14.0. The average Bonchev–Trinajstić information content (AvgIpc) is 2.59. The van der Waals surface area contributed by atoms with Crippen LogP contribution in [0.1, 0.15) is 18.9 Å². The molecule has 0 aliphatic heterocycles. The molecular weight excluding hydrogens is 339 g/mol. The third kappa shape index (κ3) is 6.58. The molecule has 2 amide bonds. The third-order valence-corrected chi connectivity index (χ3v) is 4.53. The van der Waals surface area contributed by atoms with Gasteiger partial charge in [0.15, 0.2) is 0 Å². The van der Waals surface area contributed by atoms with Crippen molar-refractivity contribution in [3.05, 3.63) is 59.9 Å². The number of para-hydroxylation sites is 1. The van der Waals surface area contributed by atoms with Crippen molar-refractivity contribution < 1.29 is 14.0 Å². The van der Waals surface area contributed by atoms with Crippen LogP contribution in [-0.4, -0.2) is 24.1 Å². The molecule has 0 fully saturated rings. The Bertz CT molecular complexity index is 737. The molecule has 0 saturated heterocycles. The molecule has 132 valence electrons. The molecule has 4 nitrogen and oxygen atoms in total. The number of amides is 2. The molecule has 0 saturated carbocycles. The molecule has 0 aromatic heterocycles. The molecule has 2 N–H and O–H groups in total. The van der Waals surface area contributed by atoms with E-state index in [0.29, 0.717) is 30.6 Å². The Balaban J connectivity index is 1.72. The molecule has 2 rings (SSSR count). The summed E-state index contributed by atoms with van der Waals surface area (Å²) < 4.78 is 13.5. The second-order valence-electron chi connectivity index (χ2n) is 5.51. The van der Waals surface area contributed by atoms with Crippen molar-refractivity contribution in [3.63, 3.8) is 0 Å². The summed E-state index contributed by atoms with van der Waals surface area (Å²) in [7, 11) is 0. The second kappa shape index (κ2) is 9.84. The van der Waals surface area contributed by atoms with Crippen LogP contribution in [0.15, 0.2) is 53.4 Å². The largest absolute Gasteiger partial charge is 0.355 e. The Morgan fingerprint density at radius 3 is 2.56 bits per heavy atom. The zero-order valence-electron chi connectivity index (χ0n) is 14.0. The number of aryl methyl sites for hydroxylation is 1. The maximum absolute atomic E-state index is 13.5. The zero-order chi connectivity index (χ0) is 18.1. The fourth-order valence-electron chi connectivity index (χ4n) is 2.29. The van der Waals surface area contributed by atoms with Gasteiger partial charge in [-0.2, -0.15) is 0 Å². The van der Waals surface area contributed by atoms with Gasteiger partial charge in [-0.05, 0) is 36.6 Å². The van der Waals surface area contributed by atoms with Gasteiger partial charge in [0.1, 0.15) is 5.82 Å². The SMILES string of the molecule is CC(=O)Nc1ccccc1SCC(=O)NCCCc1ccccc1F. The molecule has 6 heteroatoms. The summed E-state index contributed by atoms with van der Waals surface area (Å²) >= 11 is 1.37. The minimum absolute atomic E-state index is 0.0869. The van der Waals surface area contributed by atoms with Gasteiger partial charge in [-0.3, -0.25) is 9.59 Å². The van der Waals surface area contributed by atoms with Gasteiger partial charge < -0.3 is 10.6 Å². The Morgan fingerprint density at radius 1 is 1.08 bits per heavy atom. The number of carbonyl (C=O) groups is 2. The van der Waals surface area contributed by atoms with Crippen LogP contribution in [0.3, 0.4) is 0 Å². The number of thioether (sulfide) groups is 1. The Kier molecular flexibility index (Phi) is 7.47. The zero-order valence-corrected chi connectivity index (χ0v) is 14.9. The van der Waals surface area contributed by atoms with Crippen molar-refractivity contribution in [1.29, 1.82) is 0 Å². The molecule has 0 aliphatic rings. The van der Waals surface area contributed by atoms with Crippen molar-refractivity contribution in [3.8, 4) is 0 Å². The monoisotopic (exact) mass is 360 g/mol. The van der Waals surface area contributed by atoms with E-state index in [0.717, 1.165) is 4.90 Å². The van der Waals surface area contributed by atoms with E-state index < -0.39 is 0 Å². The predicted octanol–water partition coefficient (Wildman–Crippen LogP) is 3.63. The fourth-order valence-corrected chi connectivity index (χ4v) is 3.13. The molecule has 0 unspecified atom stereocenters. The number of halogens is 1. The molecular formula is C19H21FN2O2S. The first-order chi connectivity index (χ1) is 12.1. The van der Waals surface area contributed by atoms with E-state index >= 15 is 0 Å². The van der Waals surface area contributed by atoms with Crippen LogP contribution >= 0.6 is 11.8 Å². The first kappa shape index (κ1) is 19.0. The van der Waals surface area contributed by atoms with Crippen molar-refractivity contribution >= 4 is 29.3 Å². The van der Waals surface area contributed by atoms with Crippen LogP contribution in [0.4, 0.5) is 10.1 Å². The number of hydrogen-bond acceptors (Lipinski definition) is 3. The third-order valence-electron chi connectivity index (χ3n) is 3.46. The summed E-state index contributed by atoms with van der Waals surface area (Å²) in [4.78, 5) is 24.0. The lowest BCUT2D eigenvalue weighted by molar-refractivity contribution is -0.118. The molecule has 0 atom stereocenters. The Hall–Kier alpha value is -2.34. The van der Waals surface area contributed by atoms with E-state index in [1.165, 1.54) is 24.8 Å². The van der Waals surface area contributed by atoms with Crippen LogP contribution in [0.5, 0.6) is 0 Å². The van der Waals surface area contributed by atoms with E-state index in [1.54, 1.807) is 24.3 Å². The highest BCUT2D eigenvalue weighted by Crippen LogP contribution is 2.26. The van der Waals surface area contributed by atoms with Crippen molar-refractivity contribution in [1.82, 2.24) is 5.32 Å². The number of nitrogens with one attached hydrogen (secondary N) is 2. The van der Waals surface area contributed by atoms with E-state index in [-0.39, 0.29) is 23.4 Å². The minimum atomic E-state index is -0.209. The number of benzene rings is 2. The summed E-state index contributed by atoms with van der Waals surface area (Å²) in [5.41, 5.74) is 1.36. The minimum Gasteiger partial charge on any atom is -0.355 e. The van der Waals surface area contributed by atoms with Gasteiger partial charge in [0.25, 0.3) is 0 Å². The normalized spacial score (nSPS) is 10.3. The van der Waals surface area contributed by atoms with Crippen LogP contribution in [0, 0.1) is 5.82 Å². The standard InChI is InChI=1S/C19H21FN2O2S/c1-14(23)22-17-10-4-5-11-18(17)25-13-19(24)21-12-6-8-15-7-2-3-9-16(15)20/h2-5,7,9-11H,6,8,12-13H2,1H3,(H,21,24)(H,22,23). The molecule has 0 spiro atoms. The number of anilines is 1. The highest BCUT2D eigenvalue weighted by Gasteiger charge is 2.07. The Morgan fingerprint density at radius 2 is 1.80 bits per heavy atom. The topological polar surface area (TPSA) is 58.2 Å². The van der Waals surface area contributed by atoms with Gasteiger partial charge in [-0.15, -0.1) is 11.8 Å². The predicted molar refractivity (Wildman–Crippen MR) is 99.2 cm³/mol. The van der Waals surface area contributed by atoms with Crippen LogP contribution in [-0.2, 0) is 16.0 Å². The lowest BCUT2D eigenvalue weighted by Gasteiger charge is -2.09. The van der Waals surface area contributed by atoms with Crippen LogP contribution < -0.4 is 10.6 Å². The van der Waals surface area contributed by atoms with E-state index in [2.05, 4.69) is 10.6 Å². The molecule has 25 heavy (non-hydrogen) atoms. The molecule has 2 aromatic carbocycles. The number of rotatable bonds is 8. The van der Waals surface area contributed by atoms with E-state index in [1.807, 2.05) is 18.2 Å². The van der Waals surface area contributed by atoms with Gasteiger partial charge in [0.05, 0.1) is 11.4 Å². The second-order valence-corrected chi connectivity index (χ2v) is 6.53. The lowest BCUT2D eigenvalue weighted by atomic mass is 10.1. The highest BCUT2D eigenvalue weighted by molar-refractivity contribution is 8.00.